The van der Waals surface area contributed by atoms with Gasteiger partial charge in [-0.2, -0.15) is 13.2 Å². The third-order valence-electron chi connectivity index (χ3n) is 1.30. The van der Waals surface area contributed by atoms with Gasteiger partial charge in [0.1, 0.15) is 0 Å². The van der Waals surface area contributed by atoms with Crippen molar-refractivity contribution in [3.63, 3.8) is 0 Å². The Morgan fingerprint density at radius 1 is 1.31 bits per heavy atom. The molecule has 0 saturated carbocycles. The van der Waals surface area contributed by atoms with Crippen molar-refractivity contribution in [1.82, 2.24) is 0 Å². The molecule has 76 valence electrons. The van der Waals surface area contributed by atoms with Crippen LogP contribution in [0.3, 0.4) is 0 Å². The van der Waals surface area contributed by atoms with Crippen molar-refractivity contribution >= 4 is 22.8 Å². The molecule has 3 nitrogen and oxygen atoms in total. The monoisotopic (exact) mass is 216 g/mol. The normalized spacial score (nSPS) is 16.4. The minimum Gasteiger partial charge on any atom is -0.480 e. The van der Waals surface area contributed by atoms with Crippen LogP contribution in [0.5, 0.6) is 0 Å². The van der Waals surface area contributed by atoms with Crippen molar-refractivity contribution in [2.45, 2.75) is 24.8 Å². The Morgan fingerprint density at radius 2 is 1.69 bits per heavy atom. The highest BCUT2D eigenvalue weighted by Crippen LogP contribution is 2.41. The summed E-state index contributed by atoms with van der Waals surface area (Å²) < 4.78 is 33.4. The first-order valence-electron chi connectivity index (χ1n) is 3.11. The van der Waals surface area contributed by atoms with E-state index in [9.17, 15) is 22.8 Å². The molecule has 0 fully saturated rings. The molecule has 0 spiro atoms. The minimum absolute atomic E-state index is 0.247. The van der Waals surface area contributed by atoms with E-state index in [2.05, 4.69) is 0 Å². The molecule has 1 atom stereocenters. The first kappa shape index (κ1) is 12.3. The van der Waals surface area contributed by atoms with Crippen LogP contribution < -0.4 is 0 Å². The molecule has 0 aliphatic rings. The van der Waals surface area contributed by atoms with Crippen LogP contribution in [0.1, 0.15) is 13.8 Å². The molecule has 0 aliphatic heterocycles. The summed E-state index contributed by atoms with van der Waals surface area (Å²) in [4.78, 5) is 20.7. The third-order valence-corrected chi connectivity index (χ3v) is 2.40. The highest BCUT2D eigenvalue weighted by molar-refractivity contribution is 8.15. The van der Waals surface area contributed by atoms with Gasteiger partial charge in [0.05, 0.1) is 0 Å². The first-order valence-corrected chi connectivity index (χ1v) is 3.92. The van der Waals surface area contributed by atoms with Crippen LogP contribution in [-0.4, -0.2) is 27.1 Å². The van der Waals surface area contributed by atoms with E-state index in [1.807, 2.05) is 0 Å². The van der Waals surface area contributed by atoms with Gasteiger partial charge < -0.3 is 5.11 Å². The number of hydrogen-bond donors (Lipinski definition) is 1. The van der Waals surface area contributed by atoms with Crippen molar-refractivity contribution in [1.29, 1.82) is 0 Å². The highest BCUT2D eigenvalue weighted by atomic mass is 32.2. The Kier molecular flexibility index (Phi) is 3.37. The second-order valence-corrected chi connectivity index (χ2v) is 4.03. The standard InChI is InChI=1S/C6H7F3O3S/c1-3(10)13-5(2,4(11)12)6(7,8)9/h1-2H3,(H,11,12). The molecule has 1 unspecified atom stereocenters. The van der Waals surface area contributed by atoms with Crippen LogP contribution in [0.25, 0.3) is 0 Å². The number of carbonyl (C=O) groups excluding carboxylic acids is 1. The SMILES string of the molecule is CC(=O)SC(C)(C(=O)O)C(F)(F)F. The number of carboxylic acid groups (broad SMARTS) is 1. The minimum atomic E-state index is -4.95. The zero-order chi connectivity index (χ0) is 10.9. The summed E-state index contributed by atoms with van der Waals surface area (Å²) in [7, 11) is 0. The van der Waals surface area contributed by atoms with E-state index in [0.717, 1.165) is 6.92 Å². The average Bonchev–Trinajstić information content (AvgIpc) is 1.82. The molecule has 0 heterocycles. The number of carboxylic acids is 1. The highest BCUT2D eigenvalue weighted by Gasteiger charge is 2.58. The molecule has 0 aromatic carbocycles. The summed E-state index contributed by atoms with van der Waals surface area (Å²) in [5.74, 6) is -2.07. The van der Waals surface area contributed by atoms with E-state index in [-0.39, 0.29) is 11.8 Å². The second kappa shape index (κ2) is 3.57. The molecule has 0 radical (unpaired) electrons. The molecule has 13 heavy (non-hydrogen) atoms. The quantitative estimate of drug-likeness (QED) is 0.762. The van der Waals surface area contributed by atoms with Crippen LogP contribution in [0, 0.1) is 0 Å². The van der Waals surface area contributed by atoms with Gasteiger partial charge in [0.25, 0.3) is 0 Å². The summed E-state index contributed by atoms with van der Waals surface area (Å²) in [6.45, 7) is 1.35. The Labute approximate surface area is 76.3 Å². The number of thioether (sulfide) groups is 1. The van der Waals surface area contributed by atoms with E-state index < -0.39 is 22.0 Å². The van der Waals surface area contributed by atoms with Gasteiger partial charge in [-0.15, -0.1) is 0 Å². The van der Waals surface area contributed by atoms with Crippen LogP contribution >= 0.6 is 11.8 Å². The van der Waals surface area contributed by atoms with Gasteiger partial charge in [-0.05, 0) is 6.92 Å². The maximum Gasteiger partial charge on any atom is 0.413 e. The van der Waals surface area contributed by atoms with Crippen molar-refractivity contribution in [2.24, 2.45) is 0 Å². The fourth-order valence-corrected chi connectivity index (χ4v) is 1.29. The van der Waals surface area contributed by atoms with Gasteiger partial charge in [-0.25, -0.2) is 0 Å². The van der Waals surface area contributed by atoms with Gasteiger partial charge in [0, 0.05) is 6.92 Å². The lowest BCUT2D eigenvalue weighted by molar-refractivity contribution is -0.180. The van der Waals surface area contributed by atoms with Crippen molar-refractivity contribution in [2.75, 3.05) is 0 Å². The fourth-order valence-electron chi connectivity index (χ4n) is 0.510. The molecular formula is C6H7F3O3S. The van der Waals surface area contributed by atoms with Gasteiger partial charge >= 0.3 is 12.1 Å². The number of halogens is 3. The van der Waals surface area contributed by atoms with E-state index in [1.54, 1.807) is 0 Å². The number of aliphatic carboxylic acids is 1. The van der Waals surface area contributed by atoms with Crippen LogP contribution in [0.15, 0.2) is 0 Å². The Morgan fingerprint density at radius 3 is 1.77 bits per heavy atom. The molecule has 0 aliphatic carbocycles. The predicted octanol–water partition coefficient (Wildman–Crippen LogP) is 1.67. The topological polar surface area (TPSA) is 54.4 Å². The lowest BCUT2D eigenvalue weighted by Gasteiger charge is -2.25. The summed E-state index contributed by atoms with van der Waals surface area (Å²) in [6.07, 6.45) is -4.95. The number of alkyl halides is 3. The number of carbonyl (C=O) groups is 2. The largest absolute Gasteiger partial charge is 0.480 e. The second-order valence-electron chi connectivity index (χ2n) is 2.43. The fraction of sp³-hybridized carbons (Fsp3) is 0.667. The molecule has 1 N–H and O–H groups in total. The van der Waals surface area contributed by atoms with Crippen molar-refractivity contribution < 1.29 is 27.9 Å². The Bertz CT molecular complexity index is 238. The molecule has 0 aromatic heterocycles. The molecule has 0 rings (SSSR count). The molecule has 0 bridgehead atoms. The van der Waals surface area contributed by atoms with Crippen LogP contribution in [0.4, 0.5) is 13.2 Å². The van der Waals surface area contributed by atoms with Crippen molar-refractivity contribution in [3.05, 3.63) is 0 Å². The first-order chi connectivity index (χ1) is 5.61. The van der Waals surface area contributed by atoms with Crippen LogP contribution in [-0.2, 0) is 9.59 Å². The molecule has 7 heteroatoms. The zero-order valence-electron chi connectivity index (χ0n) is 6.81. The van der Waals surface area contributed by atoms with Gasteiger partial charge in [0.15, 0.2) is 5.12 Å². The molecule has 0 amide bonds. The lowest BCUT2D eigenvalue weighted by Crippen LogP contribution is -2.47. The summed E-state index contributed by atoms with van der Waals surface area (Å²) in [5.41, 5.74) is 0. The zero-order valence-corrected chi connectivity index (χ0v) is 7.62. The summed E-state index contributed by atoms with van der Waals surface area (Å²) in [5, 5.41) is 7.44. The van der Waals surface area contributed by atoms with Gasteiger partial charge in [0.2, 0.25) is 4.75 Å². The third kappa shape index (κ3) is 2.61. The Balaban J connectivity index is 4.96. The predicted molar refractivity (Wildman–Crippen MR) is 40.4 cm³/mol. The number of rotatable bonds is 2. The van der Waals surface area contributed by atoms with E-state index in [4.69, 9.17) is 5.11 Å². The molecule has 0 aromatic rings. The van der Waals surface area contributed by atoms with E-state index in [1.165, 1.54) is 0 Å². The van der Waals surface area contributed by atoms with Crippen LogP contribution in [0.2, 0.25) is 0 Å². The van der Waals surface area contributed by atoms with Gasteiger partial charge in [-0.3, -0.25) is 9.59 Å². The maximum atomic E-state index is 12.2. The van der Waals surface area contributed by atoms with E-state index >= 15 is 0 Å². The average molecular weight is 216 g/mol. The van der Waals surface area contributed by atoms with E-state index in [0.29, 0.717) is 6.92 Å². The Hall–Kier alpha value is -0.720. The van der Waals surface area contributed by atoms with Crippen molar-refractivity contribution in [3.8, 4) is 0 Å². The number of hydrogen-bond acceptors (Lipinski definition) is 3. The lowest BCUT2D eigenvalue weighted by atomic mass is 10.1. The summed E-state index contributed by atoms with van der Waals surface area (Å²) >= 11 is -0.247. The molecule has 0 saturated heterocycles. The maximum absolute atomic E-state index is 12.2. The van der Waals surface area contributed by atoms with Gasteiger partial charge in [-0.1, -0.05) is 11.8 Å². The smallest absolute Gasteiger partial charge is 0.413 e. The summed E-state index contributed by atoms with van der Waals surface area (Å²) in [6, 6.07) is 0. The molecular weight excluding hydrogens is 209 g/mol.